The lowest BCUT2D eigenvalue weighted by Gasteiger charge is -2.37. The third-order valence-corrected chi connectivity index (χ3v) is 4.74. The molecule has 0 spiro atoms. The molecule has 4 heteroatoms. The molecular formula is C14H27N3O. The lowest BCUT2D eigenvalue weighted by molar-refractivity contribution is -0.133. The summed E-state index contributed by atoms with van der Waals surface area (Å²) < 4.78 is 0. The molecule has 4 nitrogen and oxygen atoms in total. The topological polar surface area (TPSA) is 67.2 Å². The molecule has 1 unspecified atom stereocenters. The number of hydrogen-bond donors (Lipinski definition) is 3. The van der Waals surface area contributed by atoms with Crippen LogP contribution in [0, 0.1) is 5.41 Å². The zero-order chi connectivity index (χ0) is 13.0. The molecule has 0 radical (unpaired) electrons. The van der Waals surface area contributed by atoms with Gasteiger partial charge in [-0.1, -0.05) is 6.92 Å². The molecule has 4 N–H and O–H groups in total. The van der Waals surface area contributed by atoms with Crippen molar-refractivity contribution in [3.8, 4) is 0 Å². The summed E-state index contributed by atoms with van der Waals surface area (Å²) in [5.41, 5.74) is 5.73. The molecule has 104 valence electrons. The molecule has 1 aliphatic heterocycles. The van der Waals surface area contributed by atoms with Crippen LogP contribution in [-0.4, -0.2) is 31.1 Å². The van der Waals surface area contributed by atoms with Gasteiger partial charge in [0, 0.05) is 18.6 Å². The van der Waals surface area contributed by atoms with Gasteiger partial charge in [-0.3, -0.25) is 4.79 Å². The van der Waals surface area contributed by atoms with Gasteiger partial charge in [-0.25, -0.2) is 0 Å². The Balaban J connectivity index is 1.89. The quantitative estimate of drug-likeness (QED) is 0.707. The molecule has 1 amide bonds. The summed E-state index contributed by atoms with van der Waals surface area (Å²) in [6, 6.07) is 0.692. The van der Waals surface area contributed by atoms with Crippen LogP contribution in [-0.2, 0) is 4.79 Å². The number of hydrogen-bond acceptors (Lipinski definition) is 3. The molecule has 0 bridgehead atoms. The average Bonchev–Trinajstić information content (AvgIpc) is 2.42. The monoisotopic (exact) mass is 253 g/mol. The highest BCUT2D eigenvalue weighted by molar-refractivity contribution is 5.83. The first-order valence-corrected chi connectivity index (χ1v) is 7.43. The minimum Gasteiger partial charge on any atom is -0.353 e. The molecule has 1 saturated heterocycles. The fourth-order valence-corrected chi connectivity index (χ4v) is 3.23. The van der Waals surface area contributed by atoms with Crippen LogP contribution in [0.15, 0.2) is 0 Å². The van der Waals surface area contributed by atoms with Gasteiger partial charge in [-0.15, -0.1) is 0 Å². The Morgan fingerprint density at radius 2 is 2.11 bits per heavy atom. The summed E-state index contributed by atoms with van der Waals surface area (Å²) in [5.74, 6) is 0.262. The van der Waals surface area contributed by atoms with Gasteiger partial charge in [0.25, 0.3) is 0 Å². The zero-order valence-electron chi connectivity index (χ0n) is 11.5. The lowest BCUT2D eigenvalue weighted by atomic mass is 9.77. The maximum Gasteiger partial charge on any atom is 0.227 e. The Hall–Kier alpha value is -0.610. The fourth-order valence-electron chi connectivity index (χ4n) is 3.23. The second-order valence-electron chi connectivity index (χ2n) is 6.00. The molecule has 1 saturated carbocycles. The van der Waals surface area contributed by atoms with Crippen LogP contribution in [0.4, 0.5) is 0 Å². The highest BCUT2D eigenvalue weighted by Gasteiger charge is 2.38. The van der Waals surface area contributed by atoms with Gasteiger partial charge in [0.2, 0.25) is 5.91 Å². The van der Waals surface area contributed by atoms with Gasteiger partial charge < -0.3 is 16.4 Å². The molecule has 2 rings (SSSR count). The molecule has 0 aromatic heterocycles. The third-order valence-electron chi connectivity index (χ3n) is 4.74. The van der Waals surface area contributed by atoms with E-state index in [1.807, 2.05) is 0 Å². The van der Waals surface area contributed by atoms with Crippen molar-refractivity contribution in [2.45, 2.75) is 64.0 Å². The van der Waals surface area contributed by atoms with E-state index in [0.29, 0.717) is 12.1 Å². The van der Waals surface area contributed by atoms with Crippen molar-refractivity contribution < 1.29 is 4.79 Å². The highest BCUT2D eigenvalue weighted by Crippen LogP contribution is 2.31. The highest BCUT2D eigenvalue weighted by atomic mass is 16.2. The Morgan fingerprint density at radius 3 is 2.67 bits per heavy atom. The number of nitrogens with two attached hydrogens (primary N) is 1. The minimum absolute atomic E-state index is 0.169. The van der Waals surface area contributed by atoms with E-state index in [1.54, 1.807) is 0 Å². The minimum atomic E-state index is -0.169. The molecule has 2 fully saturated rings. The van der Waals surface area contributed by atoms with Crippen LogP contribution in [0.3, 0.4) is 0 Å². The van der Waals surface area contributed by atoms with Gasteiger partial charge in [-0.2, -0.15) is 0 Å². The molecule has 2 aliphatic rings. The Labute approximate surface area is 110 Å². The van der Waals surface area contributed by atoms with Crippen LogP contribution in [0.25, 0.3) is 0 Å². The van der Waals surface area contributed by atoms with Crippen molar-refractivity contribution in [1.82, 2.24) is 10.6 Å². The predicted octanol–water partition coefficient (Wildman–Crippen LogP) is 1.15. The van der Waals surface area contributed by atoms with Crippen LogP contribution in [0.2, 0.25) is 0 Å². The molecular weight excluding hydrogens is 226 g/mol. The molecule has 0 aromatic rings. The van der Waals surface area contributed by atoms with Gasteiger partial charge in [0.15, 0.2) is 0 Å². The van der Waals surface area contributed by atoms with E-state index in [2.05, 4.69) is 17.6 Å². The number of nitrogens with one attached hydrogen (secondary N) is 2. The Kier molecular flexibility index (Phi) is 4.62. The van der Waals surface area contributed by atoms with Crippen molar-refractivity contribution in [2.24, 2.45) is 11.1 Å². The van der Waals surface area contributed by atoms with E-state index < -0.39 is 0 Å². The van der Waals surface area contributed by atoms with Crippen LogP contribution in [0.1, 0.15) is 51.9 Å². The third kappa shape index (κ3) is 3.04. The SMILES string of the molecule is CCC1(C(=O)NC2CCC(N)CC2)CCCNC1. The van der Waals surface area contributed by atoms with Crippen molar-refractivity contribution in [3.05, 3.63) is 0 Å². The van der Waals surface area contributed by atoms with E-state index in [9.17, 15) is 4.79 Å². The first-order chi connectivity index (χ1) is 8.66. The van der Waals surface area contributed by atoms with E-state index in [-0.39, 0.29) is 11.3 Å². The zero-order valence-corrected chi connectivity index (χ0v) is 11.5. The first-order valence-electron chi connectivity index (χ1n) is 7.43. The Bertz CT molecular complexity index is 279. The fraction of sp³-hybridized carbons (Fsp3) is 0.929. The summed E-state index contributed by atoms with van der Waals surface area (Å²) >= 11 is 0. The van der Waals surface area contributed by atoms with E-state index in [4.69, 9.17) is 5.73 Å². The normalized spacial score (nSPS) is 37.2. The van der Waals surface area contributed by atoms with E-state index in [1.165, 1.54) is 0 Å². The smallest absolute Gasteiger partial charge is 0.227 e. The van der Waals surface area contributed by atoms with Crippen molar-refractivity contribution in [3.63, 3.8) is 0 Å². The molecule has 0 aromatic carbocycles. The summed E-state index contributed by atoms with van der Waals surface area (Å²) in [5, 5.41) is 6.64. The van der Waals surface area contributed by atoms with Crippen LogP contribution < -0.4 is 16.4 Å². The van der Waals surface area contributed by atoms with Crippen LogP contribution >= 0.6 is 0 Å². The van der Waals surface area contributed by atoms with Crippen molar-refractivity contribution in [2.75, 3.05) is 13.1 Å². The summed E-state index contributed by atoms with van der Waals surface area (Å²) in [6.45, 7) is 4.01. The maximum atomic E-state index is 12.5. The van der Waals surface area contributed by atoms with Gasteiger partial charge in [0.1, 0.15) is 0 Å². The van der Waals surface area contributed by atoms with Gasteiger partial charge >= 0.3 is 0 Å². The molecule has 1 heterocycles. The summed E-state index contributed by atoms with van der Waals surface area (Å²) in [6.07, 6.45) is 7.23. The molecule has 1 atom stereocenters. The lowest BCUT2D eigenvalue weighted by Crippen LogP contribution is -2.53. The standard InChI is InChI=1S/C14H27N3O/c1-2-14(8-3-9-16-10-14)13(18)17-12-6-4-11(15)5-7-12/h11-12,16H,2-10,15H2,1H3,(H,17,18). The predicted molar refractivity (Wildman–Crippen MR) is 73.2 cm³/mol. The molecule has 1 aliphatic carbocycles. The molecule has 18 heavy (non-hydrogen) atoms. The number of carbonyl (C=O) groups is 1. The summed E-state index contributed by atoms with van der Waals surface area (Å²) in [7, 11) is 0. The average molecular weight is 253 g/mol. The largest absolute Gasteiger partial charge is 0.353 e. The van der Waals surface area contributed by atoms with Gasteiger partial charge in [0.05, 0.1) is 5.41 Å². The van der Waals surface area contributed by atoms with Crippen LogP contribution in [0.5, 0.6) is 0 Å². The Morgan fingerprint density at radius 1 is 1.39 bits per heavy atom. The second-order valence-corrected chi connectivity index (χ2v) is 6.00. The van der Waals surface area contributed by atoms with Gasteiger partial charge in [-0.05, 0) is 51.5 Å². The summed E-state index contributed by atoms with van der Waals surface area (Å²) in [4.78, 5) is 12.5. The van der Waals surface area contributed by atoms with Crippen molar-refractivity contribution in [1.29, 1.82) is 0 Å². The maximum absolute atomic E-state index is 12.5. The number of rotatable bonds is 3. The van der Waals surface area contributed by atoms with E-state index in [0.717, 1.165) is 58.0 Å². The number of carbonyl (C=O) groups excluding carboxylic acids is 1. The van der Waals surface area contributed by atoms with E-state index >= 15 is 0 Å². The number of amides is 1. The first kappa shape index (κ1) is 13.8. The second kappa shape index (κ2) is 6.02. The van der Waals surface area contributed by atoms with Crippen molar-refractivity contribution >= 4 is 5.91 Å². The number of piperidine rings is 1.